The summed E-state index contributed by atoms with van der Waals surface area (Å²) in [5.74, 6) is 1.07. The van der Waals surface area contributed by atoms with E-state index in [1.807, 2.05) is 24.3 Å². The first-order valence-electron chi connectivity index (χ1n) is 6.27. The van der Waals surface area contributed by atoms with Crippen LogP contribution in [0.2, 0.25) is 0 Å². The van der Waals surface area contributed by atoms with E-state index in [0.29, 0.717) is 18.4 Å². The number of aliphatic hydroxyl groups excluding tert-OH is 1. The Labute approximate surface area is 111 Å². The van der Waals surface area contributed by atoms with Gasteiger partial charge in [-0.25, -0.2) is 0 Å². The van der Waals surface area contributed by atoms with Gasteiger partial charge in [0, 0.05) is 16.9 Å². The first kappa shape index (κ1) is 13.1. The number of rotatable bonds is 5. The van der Waals surface area contributed by atoms with Crippen LogP contribution in [0.4, 0.5) is 0 Å². The van der Waals surface area contributed by atoms with E-state index in [9.17, 15) is 5.11 Å². The van der Waals surface area contributed by atoms with Gasteiger partial charge < -0.3 is 10.8 Å². The molecule has 1 saturated carbocycles. The zero-order chi connectivity index (χ0) is 12.4. The molecule has 0 aliphatic heterocycles. The van der Waals surface area contributed by atoms with Crippen LogP contribution in [0.15, 0.2) is 28.7 Å². The summed E-state index contributed by atoms with van der Waals surface area (Å²) in [4.78, 5) is 0. The smallest absolute Gasteiger partial charge is 0.0649 e. The van der Waals surface area contributed by atoms with Gasteiger partial charge in [-0.2, -0.15) is 0 Å². The maximum absolute atomic E-state index is 10.5. The highest BCUT2D eigenvalue weighted by molar-refractivity contribution is 9.10. The van der Waals surface area contributed by atoms with Gasteiger partial charge in [-0.3, -0.25) is 0 Å². The molecule has 3 unspecified atom stereocenters. The normalized spacial score (nSPS) is 20.9. The molecule has 2 nitrogen and oxygen atoms in total. The molecule has 0 radical (unpaired) electrons. The fraction of sp³-hybridized carbons (Fsp3) is 0.571. The second-order valence-electron chi connectivity index (χ2n) is 5.05. The molecule has 1 aliphatic rings. The average Bonchev–Trinajstić information content (AvgIpc) is 3.15. The lowest BCUT2D eigenvalue weighted by Crippen LogP contribution is -2.32. The molecule has 1 aliphatic carbocycles. The minimum absolute atomic E-state index is 0.0289. The lowest BCUT2D eigenvalue weighted by molar-refractivity contribution is 0.0799. The van der Waals surface area contributed by atoms with E-state index in [-0.39, 0.29) is 12.0 Å². The topological polar surface area (TPSA) is 46.2 Å². The zero-order valence-electron chi connectivity index (χ0n) is 10.1. The van der Waals surface area contributed by atoms with Crippen LogP contribution in [0.5, 0.6) is 0 Å². The lowest BCUT2D eigenvalue weighted by Gasteiger charge is -2.28. The van der Waals surface area contributed by atoms with E-state index in [0.717, 1.165) is 10.0 Å². The number of hydrogen-bond acceptors (Lipinski definition) is 2. The molecule has 0 bridgehead atoms. The van der Waals surface area contributed by atoms with Crippen molar-refractivity contribution < 1.29 is 5.11 Å². The average molecular weight is 298 g/mol. The van der Waals surface area contributed by atoms with Crippen molar-refractivity contribution in [3.05, 3.63) is 34.3 Å². The Kier molecular flexibility index (Phi) is 4.23. The Morgan fingerprint density at radius 2 is 2.06 bits per heavy atom. The van der Waals surface area contributed by atoms with Crippen LogP contribution in [0.1, 0.15) is 31.2 Å². The highest BCUT2D eigenvalue weighted by Crippen LogP contribution is 2.41. The molecular formula is C14H20BrNO. The standard InChI is InChI=1S/C14H20BrNO/c1-9(10-6-7-10)14(17)12(8-16)11-4-2-3-5-13(11)15/h2-5,9-10,12,14,17H,6-8,16H2,1H3. The van der Waals surface area contributed by atoms with E-state index in [4.69, 9.17) is 5.73 Å². The minimum Gasteiger partial charge on any atom is -0.392 e. The van der Waals surface area contributed by atoms with E-state index in [1.165, 1.54) is 12.8 Å². The first-order chi connectivity index (χ1) is 8.15. The number of hydrogen-bond donors (Lipinski definition) is 2. The molecule has 3 heteroatoms. The molecule has 3 N–H and O–H groups in total. The van der Waals surface area contributed by atoms with Crippen molar-refractivity contribution in [3.8, 4) is 0 Å². The molecule has 2 rings (SSSR count). The Morgan fingerprint density at radius 3 is 2.59 bits per heavy atom. The summed E-state index contributed by atoms with van der Waals surface area (Å²) in [6.07, 6.45) is 2.17. The molecule has 1 aromatic carbocycles. The molecule has 0 amide bonds. The largest absolute Gasteiger partial charge is 0.392 e. The summed E-state index contributed by atoms with van der Waals surface area (Å²) in [5, 5.41) is 10.5. The SMILES string of the molecule is CC(C1CC1)C(O)C(CN)c1ccccc1Br. The van der Waals surface area contributed by atoms with Gasteiger partial charge in [0.25, 0.3) is 0 Å². The quantitative estimate of drug-likeness (QED) is 0.878. The highest BCUT2D eigenvalue weighted by Gasteiger charge is 2.36. The summed E-state index contributed by atoms with van der Waals surface area (Å²) < 4.78 is 1.04. The summed E-state index contributed by atoms with van der Waals surface area (Å²) in [6, 6.07) is 8.03. The van der Waals surface area contributed by atoms with E-state index in [2.05, 4.69) is 22.9 Å². The van der Waals surface area contributed by atoms with Gasteiger partial charge in [0.05, 0.1) is 6.10 Å². The fourth-order valence-electron chi connectivity index (χ4n) is 2.49. The van der Waals surface area contributed by atoms with Crippen LogP contribution in [0.3, 0.4) is 0 Å². The van der Waals surface area contributed by atoms with Gasteiger partial charge in [0.15, 0.2) is 0 Å². The van der Waals surface area contributed by atoms with Gasteiger partial charge >= 0.3 is 0 Å². The Hall–Kier alpha value is -0.380. The van der Waals surface area contributed by atoms with Crippen LogP contribution >= 0.6 is 15.9 Å². The van der Waals surface area contributed by atoms with Crippen LogP contribution in [-0.2, 0) is 0 Å². The number of aliphatic hydroxyl groups is 1. The van der Waals surface area contributed by atoms with Crippen molar-refractivity contribution >= 4 is 15.9 Å². The van der Waals surface area contributed by atoms with Gasteiger partial charge in [0.1, 0.15) is 0 Å². The Bertz CT molecular complexity index is 378. The minimum atomic E-state index is -0.341. The Morgan fingerprint density at radius 1 is 1.41 bits per heavy atom. The zero-order valence-corrected chi connectivity index (χ0v) is 11.7. The van der Waals surface area contributed by atoms with Crippen LogP contribution in [0, 0.1) is 11.8 Å². The maximum atomic E-state index is 10.5. The molecule has 0 aromatic heterocycles. The number of nitrogens with two attached hydrogens (primary N) is 1. The first-order valence-corrected chi connectivity index (χ1v) is 7.07. The Balaban J connectivity index is 2.17. The molecule has 17 heavy (non-hydrogen) atoms. The van der Waals surface area contributed by atoms with Crippen molar-refractivity contribution in [2.24, 2.45) is 17.6 Å². The van der Waals surface area contributed by atoms with Crippen molar-refractivity contribution in [2.45, 2.75) is 31.8 Å². The molecule has 0 heterocycles. The molecule has 0 spiro atoms. The second kappa shape index (κ2) is 5.51. The summed E-state index contributed by atoms with van der Waals surface area (Å²) in [6.45, 7) is 2.63. The highest BCUT2D eigenvalue weighted by atomic mass is 79.9. The fourth-order valence-corrected chi connectivity index (χ4v) is 3.07. The second-order valence-corrected chi connectivity index (χ2v) is 5.91. The van der Waals surface area contributed by atoms with Crippen LogP contribution in [0.25, 0.3) is 0 Å². The predicted octanol–water partition coefficient (Wildman–Crippen LogP) is 2.90. The molecular weight excluding hydrogens is 278 g/mol. The van der Waals surface area contributed by atoms with Crippen LogP contribution in [-0.4, -0.2) is 17.8 Å². The van der Waals surface area contributed by atoms with Gasteiger partial charge in [-0.15, -0.1) is 0 Å². The third kappa shape index (κ3) is 2.90. The molecule has 94 valence electrons. The van der Waals surface area contributed by atoms with Crippen molar-refractivity contribution in [1.82, 2.24) is 0 Å². The van der Waals surface area contributed by atoms with Crippen molar-refractivity contribution in [3.63, 3.8) is 0 Å². The maximum Gasteiger partial charge on any atom is 0.0649 e. The van der Waals surface area contributed by atoms with Gasteiger partial charge in [-0.1, -0.05) is 41.1 Å². The molecule has 1 fully saturated rings. The summed E-state index contributed by atoms with van der Waals surface area (Å²) in [7, 11) is 0. The monoisotopic (exact) mass is 297 g/mol. The number of halogens is 1. The van der Waals surface area contributed by atoms with E-state index < -0.39 is 0 Å². The third-order valence-corrected chi connectivity index (χ3v) is 4.60. The van der Waals surface area contributed by atoms with Crippen molar-refractivity contribution in [2.75, 3.05) is 6.54 Å². The molecule has 3 atom stereocenters. The molecule has 0 saturated heterocycles. The molecule has 1 aromatic rings. The van der Waals surface area contributed by atoms with Crippen molar-refractivity contribution in [1.29, 1.82) is 0 Å². The number of benzene rings is 1. The van der Waals surface area contributed by atoms with Crippen LogP contribution < -0.4 is 5.73 Å². The summed E-state index contributed by atoms with van der Waals surface area (Å²) in [5.41, 5.74) is 6.97. The van der Waals surface area contributed by atoms with E-state index in [1.54, 1.807) is 0 Å². The van der Waals surface area contributed by atoms with Gasteiger partial charge in [-0.05, 0) is 36.3 Å². The van der Waals surface area contributed by atoms with E-state index >= 15 is 0 Å². The predicted molar refractivity (Wildman–Crippen MR) is 73.8 cm³/mol. The lowest BCUT2D eigenvalue weighted by atomic mass is 9.84. The van der Waals surface area contributed by atoms with Gasteiger partial charge in [0.2, 0.25) is 0 Å². The summed E-state index contributed by atoms with van der Waals surface area (Å²) >= 11 is 3.54. The third-order valence-electron chi connectivity index (χ3n) is 3.88.